The molecule has 0 spiro atoms. The smallest absolute Gasteiger partial charge is 0.0392 e. The fourth-order valence-corrected chi connectivity index (χ4v) is 1.35. The zero-order chi connectivity index (χ0) is 7.56. The van der Waals surface area contributed by atoms with Gasteiger partial charge in [0.2, 0.25) is 0 Å². The molecular formula is C9H13Cl. The maximum Gasteiger partial charge on any atom is 0.0392 e. The Balaban J connectivity index is 2.65. The molecule has 10 heavy (non-hydrogen) atoms. The van der Waals surface area contributed by atoms with Gasteiger partial charge in [-0.2, -0.15) is 0 Å². The van der Waals surface area contributed by atoms with Gasteiger partial charge in [-0.1, -0.05) is 30.2 Å². The molecule has 0 amide bonds. The van der Waals surface area contributed by atoms with Crippen LogP contribution in [0.2, 0.25) is 0 Å². The Kier molecular flexibility index (Phi) is 2.56. The maximum atomic E-state index is 5.88. The van der Waals surface area contributed by atoms with Crippen molar-refractivity contribution in [1.29, 1.82) is 0 Å². The lowest BCUT2D eigenvalue weighted by Crippen LogP contribution is -2.00. The van der Waals surface area contributed by atoms with Crippen LogP contribution in [0, 0.1) is 5.92 Å². The fraction of sp³-hybridized carbons (Fsp3) is 0.556. The van der Waals surface area contributed by atoms with E-state index in [-0.39, 0.29) is 0 Å². The highest BCUT2D eigenvalue weighted by Crippen LogP contribution is 2.26. The third-order valence-corrected chi connectivity index (χ3v) is 2.46. The molecule has 0 radical (unpaired) electrons. The molecule has 0 saturated carbocycles. The van der Waals surface area contributed by atoms with Crippen molar-refractivity contribution in [3.63, 3.8) is 0 Å². The third-order valence-electron chi connectivity index (χ3n) is 2.02. The minimum absolute atomic E-state index is 0.725. The molecule has 0 bridgehead atoms. The van der Waals surface area contributed by atoms with Crippen molar-refractivity contribution in [2.75, 3.05) is 0 Å². The highest BCUT2D eigenvalue weighted by molar-refractivity contribution is 6.31. The van der Waals surface area contributed by atoms with Gasteiger partial charge in [-0.15, -0.1) is 0 Å². The second kappa shape index (κ2) is 3.25. The molecule has 0 unspecified atom stereocenters. The summed E-state index contributed by atoms with van der Waals surface area (Å²) < 4.78 is 0. The molecule has 0 saturated heterocycles. The molecule has 0 aromatic carbocycles. The monoisotopic (exact) mass is 156 g/mol. The number of rotatable bonds is 1. The number of allylic oxidation sites excluding steroid dienone is 4. The first-order chi connectivity index (χ1) is 4.74. The van der Waals surface area contributed by atoms with Gasteiger partial charge >= 0.3 is 0 Å². The predicted molar refractivity (Wildman–Crippen MR) is 46.1 cm³/mol. The summed E-state index contributed by atoms with van der Waals surface area (Å²) >= 11 is 5.88. The van der Waals surface area contributed by atoms with E-state index in [0.29, 0.717) is 0 Å². The largest absolute Gasteiger partial charge is 0.0844 e. The molecule has 0 aliphatic heterocycles. The molecule has 0 aromatic heterocycles. The van der Waals surface area contributed by atoms with Gasteiger partial charge in [0.05, 0.1) is 0 Å². The first-order valence-electron chi connectivity index (χ1n) is 3.77. The first kappa shape index (κ1) is 7.87. The minimum atomic E-state index is 0.725. The van der Waals surface area contributed by atoms with E-state index in [4.69, 9.17) is 11.6 Å². The van der Waals surface area contributed by atoms with Crippen molar-refractivity contribution >= 4 is 11.6 Å². The molecule has 0 fully saturated rings. The van der Waals surface area contributed by atoms with Crippen LogP contribution < -0.4 is 0 Å². The van der Waals surface area contributed by atoms with E-state index in [9.17, 15) is 0 Å². The summed E-state index contributed by atoms with van der Waals surface area (Å²) in [5, 5.41) is 0.935. The van der Waals surface area contributed by atoms with Crippen molar-refractivity contribution in [2.24, 2.45) is 5.92 Å². The van der Waals surface area contributed by atoms with Crippen LogP contribution in [0.15, 0.2) is 22.8 Å². The lowest BCUT2D eigenvalue weighted by atomic mass is 9.93. The summed E-state index contributed by atoms with van der Waals surface area (Å²) in [6.07, 6.45) is 6.59. The van der Waals surface area contributed by atoms with Crippen LogP contribution in [0.5, 0.6) is 0 Å². The van der Waals surface area contributed by atoms with E-state index in [0.717, 1.165) is 17.4 Å². The molecule has 1 aliphatic rings. The van der Waals surface area contributed by atoms with E-state index in [1.807, 2.05) is 6.08 Å². The molecule has 0 aromatic rings. The number of hydrogen-bond donors (Lipinski definition) is 0. The molecule has 56 valence electrons. The first-order valence-corrected chi connectivity index (χ1v) is 4.15. The van der Waals surface area contributed by atoms with Gasteiger partial charge in [-0.25, -0.2) is 0 Å². The van der Waals surface area contributed by atoms with E-state index < -0.39 is 0 Å². The highest BCUT2D eigenvalue weighted by atomic mass is 35.5. The normalized spacial score (nSPS) is 25.7. The highest BCUT2D eigenvalue weighted by Gasteiger charge is 2.09. The predicted octanol–water partition coefficient (Wildman–Crippen LogP) is 3.49. The summed E-state index contributed by atoms with van der Waals surface area (Å²) in [7, 11) is 0. The lowest BCUT2D eigenvalue weighted by molar-refractivity contribution is 0.613. The minimum Gasteiger partial charge on any atom is -0.0844 e. The van der Waals surface area contributed by atoms with Gasteiger partial charge in [0.1, 0.15) is 0 Å². The van der Waals surface area contributed by atoms with E-state index in [2.05, 4.69) is 19.9 Å². The molecule has 1 aliphatic carbocycles. The zero-order valence-electron chi connectivity index (χ0n) is 6.52. The standard InChI is InChI=1S/C9H13Cl/c1-3-8-4-5-9(10)7(2)6-8/h4-5,8H,3,6H2,1-2H3/t8-/m0/s1. The maximum absolute atomic E-state index is 5.88. The second-order valence-corrected chi connectivity index (χ2v) is 3.27. The zero-order valence-corrected chi connectivity index (χ0v) is 7.28. The number of halogens is 1. The summed E-state index contributed by atoms with van der Waals surface area (Å²) in [6.45, 7) is 4.32. The molecule has 1 heteroatoms. The fourth-order valence-electron chi connectivity index (χ4n) is 1.20. The molecule has 0 N–H and O–H groups in total. The van der Waals surface area contributed by atoms with Gasteiger partial charge in [-0.3, -0.25) is 0 Å². The van der Waals surface area contributed by atoms with Gasteiger partial charge in [0.25, 0.3) is 0 Å². The average Bonchev–Trinajstić information content (AvgIpc) is 1.95. The van der Waals surface area contributed by atoms with Crippen molar-refractivity contribution in [1.82, 2.24) is 0 Å². The Labute approximate surface area is 67.6 Å². The van der Waals surface area contributed by atoms with Crippen molar-refractivity contribution in [3.8, 4) is 0 Å². The Morgan fingerprint density at radius 1 is 1.70 bits per heavy atom. The van der Waals surface area contributed by atoms with Gasteiger partial charge in [-0.05, 0) is 31.8 Å². The summed E-state index contributed by atoms with van der Waals surface area (Å²) in [5.74, 6) is 0.725. The van der Waals surface area contributed by atoms with Crippen LogP contribution in [-0.4, -0.2) is 0 Å². The molecular weight excluding hydrogens is 144 g/mol. The van der Waals surface area contributed by atoms with Crippen LogP contribution in [0.4, 0.5) is 0 Å². The Morgan fingerprint density at radius 2 is 2.40 bits per heavy atom. The van der Waals surface area contributed by atoms with Gasteiger partial charge < -0.3 is 0 Å². The van der Waals surface area contributed by atoms with Crippen molar-refractivity contribution in [2.45, 2.75) is 26.7 Å². The number of hydrogen-bond acceptors (Lipinski definition) is 0. The Bertz CT molecular complexity index is 177. The van der Waals surface area contributed by atoms with Crippen LogP contribution in [0.1, 0.15) is 26.7 Å². The van der Waals surface area contributed by atoms with Gasteiger partial charge in [0, 0.05) is 5.03 Å². The quantitative estimate of drug-likeness (QED) is 0.545. The Morgan fingerprint density at radius 3 is 2.90 bits per heavy atom. The average molecular weight is 157 g/mol. The topological polar surface area (TPSA) is 0 Å². The van der Waals surface area contributed by atoms with Crippen molar-refractivity contribution in [3.05, 3.63) is 22.8 Å². The summed E-state index contributed by atoms with van der Waals surface area (Å²) in [5.41, 5.74) is 1.33. The molecule has 1 atom stereocenters. The van der Waals surface area contributed by atoms with E-state index >= 15 is 0 Å². The molecule has 1 rings (SSSR count). The summed E-state index contributed by atoms with van der Waals surface area (Å²) in [4.78, 5) is 0. The summed E-state index contributed by atoms with van der Waals surface area (Å²) in [6, 6.07) is 0. The van der Waals surface area contributed by atoms with Crippen LogP contribution in [0.25, 0.3) is 0 Å². The van der Waals surface area contributed by atoms with E-state index in [1.165, 1.54) is 12.0 Å². The second-order valence-electron chi connectivity index (χ2n) is 2.86. The third kappa shape index (κ3) is 1.63. The van der Waals surface area contributed by atoms with E-state index in [1.54, 1.807) is 0 Å². The lowest BCUT2D eigenvalue weighted by Gasteiger charge is -2.15. The van der Waals surface area contributed by atoms with Crippen molar-refractivity contribution < 1.29 is 0 Å². The van der Waals surface area contributed by atoms with Gasteiger partial charge in [0.15, 0.2) is 0 Å². The SMILES string of the molecule is CC[C@H]1C=CC(Cl)=C(C)C1. The van der Waals surface area contributed by atoms with Crippen LogP contribution >= 0.6 is 11.6 Å². The Hall–Kier alpha value is -0.230. The molecule has 0 nitrogen and oxygen atoms in total. The van der Waals surface area contributed by atoms with Crippen LogP contribution in [0.3, 0.4) is 0 Å². The van der Waals surface area contributed by atoms with Crippen LogP contribution in [-0.2, 0) is 0 Å². The molecule has 0 heterocycles.